The van der Waals surface area contributed by atoms with Crippen molar-refractivity contribution in [1.82, 2.24) is 15.1 Å². The van der Waals surface area contributed by atoms with E-state index in [0.29, 0.717) is 44.0 Å². The quantitative estimate of drug-likeness (QED) is 0.821. The summed E-state index contributed by atoms with van der Waals surface area (Å²) in [4.78, 5) is 39.4. The molecule has 0 spiro atoms. The number of amides is 3. The minimum absolute atomic E-state index is 0.0636. The molecule has 1 aliphatic heterocycles. The normalized spacial score (nSPS) is 14.6. The first-order valence-electron chi connectivity index (χ1n) is 8.49. The van der Waals surface area contributed by atoms with E-state index in [9.17, 15) is 14.4 Å². The number of nitrogens with one attached hydrogen (secondary N) is 1. The van der Waals surface area contributed by atoms with E-state index >= 15 is 0 Å². The van der Waals surface area contributed by atoms with Gasteiger partial charge in [0.05, 0.1) is 0 Å². The summed E-state index contributed by atoms with van der Waals surface area (Å²) < 4.78 is 0. The lowest BCUT2D eigenvalue weighted by Crippen LogP contribution is -2.54. The van der Waals surface area contributed by atoms with E-state index in [1.165, 1.54) is 4.90 Å². The number of carbonyl (C=O) groups is 3. The summed E-state index contributed by atoms with van der Waals surface area (Å²) in [5, 5.41) is 3.27. The fraction of sp³-hybridized carbons (Fsp3) is 0.500. The molecule has 0 aromatic heterocycles. The predicted octanol–water partition coefficient (Wildman–Crippen LogP) is 1.47. The van der Waals surface area contributed by atoms with Crippen LogP contribution in [0.1, 0.15) is 25.8 Å². The van der Waals surface area contributed by atoms with Crippen LogP contribution in [0.2, 0.25) is 5.02 Å². The van der Waals surface area contributed by atoms with Crippen LogP contribution in [-0.4, -0.2) is 59.7 Å². The molecule has 136 valence electrons. The standard InChI is InChI=1S/C18H24ClN3O3/c1-13(2)20-17(24)18(25)22-11-9-21(10-12-22)16(23)8-5-14-3-6-15(19)7-4-14/h3-4,6-7,13H,5,8-12H2,1-2H3,(H,20,24). The Morgan fingerprint density at radius 1 is 1.04 bits per heavy atom. The van der Waals surface area contributed by atoms with Gasteiger partial charge in [0.25, 0.3) is 0 Å². The van der Waals surface area contributed by atoms with Crippen LogP contribution in [0.25, 0.3) is 0 Å². The lowest BCUT2D eigenvalue weighted by Gasteiger charge is -2.34. The van der Waals surface area contributed by atoms with Crippen LogP contribution >= 0.6 is 11.6 Å². The summed E-state index contributed by atoms with van der Waals surface area (Å²) in [6, 6.07) is 7.38. The summed E-state index contributed by atoms with van der Waals surface area (Å²) in [5.41, 5.74) is 1.07. The van der Waals surface area contributed by atoms with E-state index < -0.39 is 11.8 Å². The van der Waals surface area contributed by atoms with Crippen molar-refractivity contribution in [1.29, 1.82) is 0 Å². The van der Waals surface area contributed by atoms with Gasteiger partial charge < -0.3 is 15.1 Å². The second-order valence-electron chi connectivity index (χ2n) is 6.43. The molecule has 6 nitrogen and oxygen atoms in total. The number of piperazine rings is 1. The maximum Gasteiger partial charge on any atom is 0.312 e. The van der Waals surface area contributed by atoms with Crippen molar-refractivity contribution in [3.05, 3.63) is 34.9 Å². The molecule has 0 bridgehead atoms. The van der Waals surface area contributed by atoms with Gasteiger partial charge in [-0.2, -0.15) is 0 Å². The zero-order chi connectivity index (χ0) is 18.4. The van der Waals surface area contributed by atoms with Crippen LogP contribution in [0.5, 0.6) is 0 Å². The predicted molar refractivity (Wildman–Crippen MR) is 96.2 cm³/mol. The van der Waals surface area contributed by atoms with Crippen molar-refractivity contribution >= 4 is 29.3 Å². The van der Waals surface area contributed by atoms with Gasteiger partial charge in [-0.1, -0.05) is 23.7 Å². The van der Waals surface area contributed by atoms with Crippen LogP contribution in [0.15, 0.2) is 24.3 Å². The van der Waals surface area contributed by atoms with Gasteiger partial charge >= 0.3 is 11.8 Å². The highest BCUT2D eigenvalue weighted by molar-refractivity contribution is 6.35. The third-order valence-electron chi connectivity index (χ3n) is 4.07. The number of rotatable bonds is 4. The van der Waals surface area contributed by atoms with Gasteiger partial charge in [0.2, 0.25) is 5.91 Å². The fourth-order valence-electron chi connectivity index (χ4n) is 2.69. The largest absolute Gasteiger partial charge is 0.346 e. The van der Waals surface area contributed by atoms with E-state index in [1.807, 2.05) is 38.1 Å². The molecule has 1 aliphatic rings. The summed E-state index contributed by atoms with van der Waals surface area (Å²) in [6.07, 6.45) is 1.08. The van der Waals surface area contributed by atoms with Gasteiger partial charge in [0, 0.05) is 43.7 Å². The van der Waals surface area contributed by atoms with Gasteiger partial charge in [-0.25, -0.2) is 0 Å². The van der Waals surface area contributed by atoms with E-state index in [0.717, 1.165) is 5.56 Å². The third kappa shape index (κ3) is 5.74. The van der Waals surface area contributed by atoms with Gasteiger partial charge in [0.15, 0.2) is 0 Å². The lowest BCUT2D eigenvalue weighted by molar-refractivity contribution is -0.148. The molecule has 0 unspecified atom stereocenters. The van der Waals surface area contributed by atoms with Crippen molar-refractivity contribution in [2.75, 3.05) is 26.2 Å². The Morgan fingerprint density at radius 2 is 1.60 bits per heavy atom. The van der Waals surface area contributed by atoms with Gasteiger partial charge in [-0.05, 0) is 38.0 Å². The van der Waals surface area contributed by atoms with Crippen molar-refractivity contribution in [3.63, 3.8) is 0 Å². The van der Waals surface area contributed by atoms with Crippen LogP contribution in [-0.2, 0) is 20.8 Å². The van der Waals surface area contributed by atoms with E-state index in [-0.39, 0.29) is 11.9 Å². The smallest absolute Gasteiger partial charge is 0.312 e. The average molecular weight is 366 g/mol. The van der Waals surface area contributed by atoms with Crippen molar-refractivity contribution < 1.29 is 14.4 Å². The Kier molecular flexibility index (Phi) is 6.82. The highest BCUT2D eigenvalue weighted by atomic mass is 35.5. The first-order chi connectivity index (χ1) is 11.9. The molecule has 0 atom stereocenters. The van der Waals surface area contributed by atoms with Crippen molar-refractivity contribution in [2.24, 2.45) is 0 Å². The summed E-state index contributed by atoms with van der Waals surface area (Å²) in [5.74, 6) is -1.05. The van der Waals surface area contributed by atoms with E-state index in [4.69, 9.17) is 11.6 Å². The molecule has 25 heavy (non-hydrogen) atoms. The SMILES string of the molecule is CC(C)NC(=O)C(=O)N1CCN(C(=O)CCc2ccc(Cl)cc2)CC1. The molecule has 1 N–H and O–H groups in total. The van der Waals surface area contributed by atoms with Gasteiger partial charge in [-0.3, -0.25) is 14.4 Å². The second kappa shape index (κ2) is 8.85. The average Bonchev–Trinajstić information content (AvgIpc) is 2.60. The molecular formula is C18H24ClN3O3. The molecule has 3 amide bonds. The second-order valence-corrected chi connectivity index (χ2v) is 6.86. The molecule has 0 aliphatic carbocycles. The van der Waals surface area contributed by atoms with E-state index in [1.54, 1.807) is 4.90 Å². The molecule has 1 heterocycles. The zero-order valence-electron chi connectivity index (χ0n) is 14.6. The maximum atomic E-state index is 12.3. The fourth-order valence-corrected chi connectivity index (χ4v) is 2.81. The minimum Gasteiger partial charge on any atom is -0.346 e. The van der Waals surface area contributed by atoms with E-state index in [2.05, 4.69) is 5.32 Å². The van der Waals surface area contributed by atoms with Crippen LogP contribution in [0.4, 0.5) is 0 Å². The number of carbonyl (C=O) groups excluding carboxylic acids is 3. The Labute approximate surface area is 153 Å². The monoisotopic (exact) mass is 365 g/mol. The number of aryl methyl sites for hydroxylation is 1. The van der Waals surface area contributed by atoms with Gasteiger partial charge in [-0.15, -0.1) is 0 Å². The number of hydrogen-bond donors (Lipinski definition) is 1. The Hall–Kier alpha value is -2.08. The van der Waals surface area contributed by atoms with Gasteiger partial charge in [0.1, 0.15) is 0 Å². The first kappa shape index (κ1) is 19.2. The molecule has 7 heteroatoms. The first-order valence-corrected chi connectivity index (χ1v) is 8.86. The molecule has 0 saturated carbocycles. The molecule has 1 saturated heterocycles. The summed E-state index contributed by atoms with van der Waals surface area (Å²) in [6.45, 7) is 5.30. The zero-order valence-corrected chi connectivity index (χ0v) is 15.4. The molecule has 0 radical (unpaired) electrons. The number of benzene rings is 1. The molecule has 1 fully saturated rings. The molecule has 1 aromatic carbocycles. The Balaban J connectivity index is 1.77. The Morgan fingerprint density at radius 3 is 2.16 bits per heavy atom. The lowest BCUT2D eigenvalue weighted by atomic mass is 10.1. The molecule has 1 aromatic rings. The number of hydrogen-bond acceptors (Lipinski definition) is 3. The summed E-state index contributed by atoms with van der Waals surface area (Å²) >= 11 is 5.85. The third-order valence-corrected chi connectivity index (χ3v) is 4.33. The van der Waals surface area contributed by atoms with Crippen LogP contribution in [0.3, 0.4) is 0 Å². The minimum atomic E-state index is -0.586. The maximum absolute atomic E-state index is 12.3. The number of halogens is 1. The molecular weight excluding hydrogens is 342 g/mol. The Bertz CT molecular complexity index is 623. The number of nitrogens with zero attached hydrogens (tertiary/aromatic N) is 2. The highest BCUT2D eigenvalue weighted by Gasteiger charge is 2.27. The van der Waals surface area contributed by atoms with Crippen molar-refractivity contribution in [3.8, 4) is 0 Å². The van der Waals surface area contributed by atoms with Crippen molar-refractivity contribution in [2.45, 2.75) is 32.7 Å². The van der Waals surface area contributed by atoms with Crippen LogP contribution in [0, 0.1) is 0 Å². The molecule has 2 rings (SSSR count). The van der Waals surface area contributed by atoms with Crippen LogP contribution < -0.4 is 5.32 Å². The topological polar surface area (TPSA) is 69.7 Å². The summed E-state index contributed by atoms with van der Waals surface area (Å²) in [7, 11) is 0. The highest BCUT2D eigenvalue weighted by Crippen LogP contribution is 2.12.